The van der Waals surface area contributed by atoms with Gasteiger partial charge in [0, 0.05) is 23.8 Å². The highest BCUT2D eigenvalue weighted by atomic mass is 35.5. The summed E-state index contributed by atoms with van der Waals surface area (Å²) in [4.78, 5) is 24.4. The number of rotatable bonds is 3. The van der Waals surface area contributed by atoms with E-state index in [1.807, 2.05) is 20.8 Å². The van der Waals surface area contributed by atoms with Crippen LogP contribution in [-0.2, 0) is 0 Å². The van der Waals surface area contributed by atoms with Crippen molar-refractivity contribution in [3.05, 3.63) is 28.8 Å². The molecule has 24 heavy (non-hydrogen) atoms. The number of hydrogen-bond acceptors (Lipinski definition) is 3. The predicted molar refractivity (Wildman–Crippen MR) is 96.7 cm³/mol. The lowest BCUT2D eigenvalue weighted by Crippen LogP contribution is -2.45. The van der Waals surface area contributed by atoms with E-state index < -0.39 is 0 Å². The second-order valence-electron chi connectivity index (χ2n) is 7.04. The highest BCUT2D eigenvalue weighted by molar-refractivity contribution is 6.34. The maximum atomic E-state index is 12.4. The minimum Gasteiger partial charge on any atom is -0.348 e. The number of nitrogens with one attached hydrogen (secondary N) is 4. The molecule has 0 aliphatic carbocycles. The Bertz CT molecular complexity index is 607. The van der Waals surface area contributed by atoms with Gasteiger partial charge in [0.25, 0.3) is 5.91 Å². The van der Waals surface area contributed by atoms with Gasteiger partial charge in [-0.3, -0.25) is 4.79 Å². The van der Waals surface area contributed by atoms with Crippen LogP contribution >= 0.6 is 11.6 Å². The molecule has 6 nitrogen and oxygen atoms in total. The van der Waals surface area contributed by atoms with E-state index in [2.05, 4.69) is 21.3 Å². The first-order valence-corrected chi connectivity index (χ1v) is 8.53. The van der Waals surface area contributed by atoms with Crippen molar-refractivity contribution in [2.24, 2.45) is 0 Å². The molecule has 1 atom stereocenters. The summed E-state index contributed by atoms with van der Waals surface area (Å²) in [6.07, 6.45) is 1.98. The van der Waals surface area contributed by atoms with Gasteiger partial charge in [-0.25, -0.2) is 4.79 Å². The summed E-state index contributed by atoms with van der Waals surface area (Å²) in [6, 6.07) is 4.65. The first kappa shape index (κ1) is 18.5. The van der Waals surface area contributed by atoms with Crippen molar-refractivity contribution in [1.82, 2.24) is 16.0 Å². The summed E-state index contributed by atoms with van der Waals surface area (Å²) in [7, 11) is 0. The zero-order valence-electron chi connectivity index (χ0n) is 14.3. The number of amides is 3. The summed E-state index contributed by atoms with van der Waals surface area (Å²) >= 11 is 6.15. The van der Waals surface area contributed by atoms with Crippen LogP contribution in [0.1, 0.15) is 44.0 Å². The molecule has 7 heteroatoms. The van der Waals surface area contributed by atoms with Crippen LogP contribution < -0.4 is 21.3 Å². The maximum Gasteiger partial charge on any atom is 0.319 e. The van der Waals surface area contributed by atoms with Crippen molar-refractivity contribution in [2.45, 2.75) is 45.2 Å². The highest BCUT2D eigenvalue weighted by Gasteiger charge is 2.19. The summed E-state index contributed by atoms with van der Waals surface area (Å²) < 4.78 is 0. The largest absolute Gasteiger partial charge is 0.348 e. The quantitative estimate of drug-likeness (QED) is 0.675. The minimum atomic E-state index is -0.343. The summed E-state index contributed by atoms with van der Waals surface area (Å²) in [5.74, 6) is -0.228. The number of hydrogen-bond donors (Lipinski definition) is 4. The van der Waals surface area contributed by atoms with Crippen LogP contribution in [0, 0.1) is 0 Å². The van der Waals surface area contributed by atoms with Crippen molar-refractivity contribution in [3.63, 3.8) is 0 Å². The Morgan fingerprint density at radius 1 is 1.29 bits per heavy atom. The monoisotopic (exact) mass is 352 g/mol. The molecule has 4 N–H and O–H groups in total. The first-order valence-electron chi connectivity index (χ1n) is 8.15. The van der Waals surface area contributed by atoms with Gasteiger partial charge in [-0.05, 0) is 58.4 Å². The Labute approximate surface area is 147 Å². The molecule has 132 valence electrons. The highest BCUT2D eigenvalue weighted by Crippen LogP contribution is 2.21. The molecule has 0 spiro atoms. The van der Waals surface area contributed by atoms with Crippen molar-refractivity contribution in [3.8, 4) is 0 Å². The van der Waals surface area contributed by atoms with E-state index in [9.17, 15) is 9.59 Å². The SMILES string of the molecule is CC(C)(C)NC(=O)Nc1ccc(Cl)c(C(=O)NC2CCCNC2)c1. The molecule has 1 heterocycles. The van der Waals surface area contributed by atoms with E-state index in [4.69, 9.17) is 11.6 Å². The molecule has 1 fully saturated rings. The molecule has 1 unspecified atom stereocenters. The third-order valence-electron chi connectivity index (χ3n) is 3.59. The number of anilines is 1. The molecule has 1 aliphatic heterocycles. The van der Waals surface area contributed by atoms with E-state index in [0.29, 0.717) is 16.3 Å². The second-order valence-corrected chi connectivity index (χ2v) is 7.45. The Morgan fingerprint density at radius 2 is 2.04 bits per heavy atom. The molecule has 1 aromatic carbocycles. The lowest BCUT2D eigenvalue weighted by Gasteiger charge is -2.24. The van der Waals surface area contributed by atoms with Crippen LogP contribution in [0.5, 0.6) is 0 Å². The van der Waals surface area contributed by atoms with Gasteiger partial charge in [-0.2, -0.15) is 0 Å². The van der Waals surface area contributed by atoms with Crippen LogP contribution in [0.4, 0.5) is 10.5 Å². The lowest BCUT2D eigenvalue weighted by molar-refractivity contribution is 0.0931. The van der Waals surface area contributed by atoms with Crippen molar-refractivity contribution in [1.29, 1.82) is 0 Å². The molecule has 0 bridgehead atoms. The number of carbonyl (C=O) groups excluding carboxylic acids is 2. The molecule has 0 aromatic heterocycles. The van der Waals surface area contributed by atoms with Gasteiger partial charge in [-0.15, -0.1) is 0 Å². The first-order chi connectivity index (χ1) is 11.2. The fourth-order valence-corrected chi connectivity index (χ4v) is 2.72. The Kier molecular flexibility index (Phi) is 6.07. The number of piperidine rings is 1. The average molecular weight is 353 g/mol. The van der Waals surface area contributed by atoms with Gasteiger partial charge in [0.05, 0.1) is 10.6 Å². The summed E-state index contributed by atoms with van der Waals surface area (Å²) in [6.45, 7) is 7.42. The second kappa shape index (κ2) is 7.85. The van der Waals surface area contributed by atoms with Crippen molar-refractivity contribution in [2.75, 3.05) is 18.4 Å². The lowest BCUT2D eigenvalue weighted by atomic mass is 10.1. The van der Waals surface area contributed by atoms with E-state index >= 15 is 0 Å². The van der Waals surface area contributed by atoms with Gasteiger partial charge >= 0.3 is 6.03 Å². The fraction of sp³-hybridized carbons (Fsp3) is 0.529. The van der Waals surface area contributed by atoms with Crippen LogP contribution in [0.2, 0.25) is 5.02 Å². The van der Waals surface area contributed by atoms with Crippen LogP contribution in [-0.4, -0.2) is 36.6 Å². The smallest absolute Gasteiger partial charge is 0.319 e. The third kappa shape index (κ3) is 5.69. The molecule has 1 aromatic rings. The van der Waals surface area contributed by atoms with Crippen LogP contribution in [0.15, 0.2) is 18.2 Å². The predicted octanol–water partition coefficient (Wildman–Crippen LogP) is 2.74. The van der Waals surface area contributed by atoms with E-state index in [1.54, 1.807) is 18.2 Å². The molecule has 0 saturated carbocycles. The average Bonchev–Trinajstić information content (AvgIpc) is 2.48. The van der Waals surface area contributed by atoms with Gasteiger partial charge in [0.15, 0.2) is 0 Å². The maximum absolute atomic E-state index is 12.4. The van der Waals surface area contributed by atoms with E-state index in [1.165, 1.54) is 0 Å². The summed E-state index contributed by atoms with van der Waals surface area (Å²) in [5.41, 5.74) is 0.536. The van der Waals surface area contributed by atoms with E-state index in [-0.39, 0.29) is 23.5 Å². The standard InChI is InChI=1S/C17H25ClN4O2/c1-17(2,3)22-16(24)21-11-6-7-14(18)13(9-11)15(23)20-12-5-4-8-19-10-12/h6-7,9,12,19H,4-5,8,10H2,1-3H3,(H,20,23)(H2,21,22,24). The molecular formula is C17H25ClN4O2. The van der Waals surface area contributed by atoms with Gasteiger partial charge in [-0.1, -0.05) is 11.6 Å². The summed E-state index contributed by atoms with van der Waals surface area (Å²) in [5, 5.41) is 12.1. The number of carbonyl (C=O) groups is 2. The minimum absolute atomic E-state index is 0.100. The number of halogens is 1. The normalized spacial score (nSPS) is 17.9. The molecular weight excluding hydrogens is 328 g/mol. The zero-order valence-corrected chi connectivity index (χ0v) is 15.1. The Balaban J connectivity index is 2.04. The zero-order chi connectivity index (χ0) is 17.7. The van der Waals surface area contributed by atoms with Gasteiger partial charge in [0.1, 0.15) is 0 Å². The molecule has 0 radical (unpaired) electrons. The van der Waals surface area contributed by atoms with Crippen LogP contribution in [0.25, 0.3) is 0 Å². The topological polar surface area (TPSA) is 82.3 Å². The number of benzene rings is 1. The van der Waals surface area contributed by atoms with Crippen LogP contribution in [0.3, 0.4) is 0 Å². The third-order valence-corrected chi connectivity index (χ3v) is 3.92. The Morgan fingerprint density at radius 3 is 2.67 bits per heavy atom. The Hall–Kier alpha value is -1.79. The molecule has 2 rings (SSSR count). The molecule has 1 saturated heterocycles. The fourth-order valence-electron chi connectivity index (χ4n) is 2.52. The van der Waals surface area contributed by atoms with Crippen molar-refractivity contribution < 1.29 is 9.59 Å². The van der Waals surface area contributed by atoms with Crippen molar-refractivity contribution >= 4 is 29.2 Å². The van der Waals surface area contributed by atoms with Gasteiger partial charge in [0.2, 0.25) is 0 Å². The molecule has 3 amide bonds. The van der Waals surface area contributed by atoms with Gasteiger partial charge < -0.3 is 21.3 Å². The number of urea groups is 1. The van der Waals surface area contributed by atoms with E-state index in [0.717, 1.165) is 25.9 Å². The molecule has 1 aliphatic rings.